The third kappa shape index (κ3) is 6.23. The summed E-state index contributed by atoms with van der Waals surface area (Å²) in [5.41, 5.74) is 2.44. The lowest BCUT2D eigenvalue weighted by Gasteiger charge is -2.31. The van der Waals surface area contributed by atoms with Crippen molar-refractivity contribution in [3.05, 3.63) is 53.6 Å². The highest BCUT2D eigenvalue weighted by Crippen LogP contribution is 2.27. The zero-order chi connectivity index (χ0) is 21.3. The fraction of sp³-hybridized carbons (Fsp3) is 0.417. The minimum absolute atomic E-state index is 0.0352. The van der Waals surface area contributed by atoms with Gasteiger partial charge in [-0.1, -0.05) is 6.07 Å². The normalized spacial score (nSPS) is 14.7. The number of amides is 1. The van der Waals surface area contributed by atoms with Gasteiger partial charge in [0, 0.05) is 11.8 Å². The fourth-order valence-corrected chi connectivity index (χ4v) is 3.88. The number of likely N-dealkylation sites (tertiary alicyclic amines) is 1. The number of benzene rings is 2. The molecule has 1 saturated heterocycles. The van der Waals surface area contributed by atoms with Gasteiger partial charge in [-0.25, -0.2) is 0 Å². The van der Waals surface area contributed by atoms with E-state index in [-0.39, 0.29) is 5.91 Å². The molecule has 6 heteroatoms. The zero-order valence-corrected chi connectivity index (χ0v) is 17.7. The summed E-state index contributed by atoms with van der Waals surface area (Å²) >= 11 is 0. The van der Waals surface area contributed by atoms with E-state index in [1.165, 1.54) is 5.56 Å². The number of nitrogens with zero attached hydrogens (tertiary/aromatic N) is 2. The van der Waals surface area contributed by atoms with E-state index >= 15 is 0 Å². The van der Waals surface area contributed by atoms with Crippen molar-refractivity contribution < 1.29 is 14.3 Å². The third-order valence-corrected chi connectivity index (χ3v) is 5.60. The number of piperidine rings is 1. The van der Waals surface area contributed by atoms with Crippen molar-refractivity contribution in [2.24, 2.45) is 5.92 Å². The Bertz CT molecular complexity index is 877. The molecule has 0 unspecified atom stereocenters. The van der Waals surface area contributed by atoms with Gasteiger partial charge in [0.2, 0.25) is 5.91 Å². The van der Waals surface area contributed by atoms with E-state index in [0.29, 0.717) is 23.7 Å². The number of carbonyl (C=O) groups excluding carboxylic acids is 1. The van der Waals surface area contributed by atoms with Crippen LogP contribution in [0.1, 0.15) is 30.4 Å². The highest BCUT2D eigenvalue weighted by molar-refractivity contribution is 5.92. The number of hydrogen-bond donors (Lipinski definition) is 1. The molecule has 0 radical (unpaired) electrons. The summed E-state index contributed by atoms with van der Waals surface area (Å²) in [5.74, 6) is 2.27. The highest BCUT2D eigenvalue weighted by atomic mass is 16.5. The summed E-state index contributed by atoms with van der Waals surface area (Å²) in [5, 5.41) is 11.9. The lowest BCUT2D eigenvalue weighted by Crippen LogP contribution is -2.39. The molecule has 1 amide bonds. The predicted octanol–water partition coefficient (Wildman–Crippen LogP) is 3.86. The molecule has 0 aromatic heterocycles. The van der Waals surface area contributed by atoms with Crippen LogP contribution < -0.4 is 14.8 Å². The van der Waals surface area contributed by atoms with Gasteiger partial charge in [-0.2, -0.15) is 5.26 Å². The SMILES string of the molecule is COc1cc(CCC2CCN(CC(=O)Nc3cccc(C#N)c3)CC2)cc(OC)c1. The molecule has 1 aliphatic heterocycles. The van der Waals surface area contributed by atoms with Gasteiger partial charge in [0.15, 0.2) is 0 Å². The maximum Gasteiger partial charge on any atom is 0.238 e. The van der Waals surface area contributed by atoms with Crippen molar-refractivity contribution >= 4 is 11.6 Å². The average molecular weight is 408 g/mol. The lowest BCUT2D eigenvalue weighted by atomic mass is 9.90. The third-order valence-electron chi connectivity index (χ3n) is 5.60. The van der Waals surface area contributed by atoms with Crippen LogP contribution in [0.5, 0.6) is 11.5 Å². The van der Waals surface area contributed by atoms with E-state index in [1.54, 1.807) is 38.5 Å². The first-order valence-corrected chi connectivity index (χ1v) is 10.3. The van der Waals surface area contributed by atoms with Crippen molar-refractivity contribution in [2.75, 3.05) is 39.2 Å². The summed E-state index contributed by atoms with van der Waals surface area (Å²) in [6.07, 6.45) is 4.31. The van der Waals surface area contributed by atoms with Gasteiger partial charge in [0.1, 0.15) is 11.5 Å². The second-order valence-electron chi connectivity index (χ2n) is 7.72. The van der Waals surface area contributed by atoms with Crippen molar-refractivity contribution in [3.63, 3.8) is 0 Å². The van der Waals surface area contributed by atoms with E-state index in [1.807, 2.05) is 6.07 Å². The molecule has 0 saturated carbocycles. The van der Waals surface area contributed by atoms with Gasteiger partial charge in [-0.05, 0) is 80.6 Å². The number of carbonyl (C=O) groups is 1. The first kappa shape index (κ1) is 21.7. The average Bonchev–Trinajstić information content (AvgIpc) is 2.78. The van der Waals surface area contributed by atoms with Gasteiger partial charge < -0.3 is 14.8 Å². The van der Waals surface area contributed by atoms with Gasteiger partial charge in [0.05, 0.1) is 32.4 Å². The number of ether oxygens (including phenoxy) is 2. The monoisotopic (exact) mass is 407 g/mol. The van der Waals surface area contributed by atoms with E-state index in [0.717, 1.165) is 50.3 Å². The maximum atomic E-state index is 12.3. The van der Waals surface area contributed by atoms with Crippen LogP contribution in [0, 0.1) is 17.2 Å². The molecule has 0 spiro atoms. The van der Waals surface area contributed by atoms with Crippen molar-refractivity contribution in [2.45, 2.75) is 25.7 Å². The summed E-state index contributed by atoms with van der Waals surface area (Å²) < 4.78 is 10.7. The maximum absolute atomic E-state index is 12.3. The quantitative estimate of drug-likeness (QED) is 0.719. The Balaban J connectivity index is 1.42. The molecule has 6 nitrogen and oxygen atoms in total. The molecule has 1 aliphatic rings. The van der Waals surface area contributed by atoms with Gasteiger partial charge >= 0.3 is 0 Å². The summed E-state index contributed by atoms with van der Waals surface area (Å²) in [6.45, 7) is 2.24. The molecule has 2 aromatic carbocycles. The molecule has 1 heterocycles. The molecule has 0 aliphatic carbocycles. The standard InChI is InChI=1S/C24H29N3O3/c1-29-22-13-19(14-23(15-22)30-2)7-6-18-8-10-27(11-9-18)17-24(28)26-21-5-3-4-20(12-21)16-25/h3-5,12-15,18H,6-11,17H2,1-2H3,(H,26,28). The smallest absolute Gasteiger partial charge is 0.238 e. The summed E-state index contributed by atoms with van der Waals surface area (Å²) in [4.78, 5) is 14.5. The molecular formula is C24H29N3O3. The molecular weight excluding hydrogens is 378 g/mol. The van der Waals surface area contributed by atoms with Crippen LogP contribution in [0.15, 0.2) is 42.5 Å². The van der Waals surface area contributed by atoms with E-state index in [2.05, 4.69) is 28.4 Å². The van der Waals surface area contributed by atoms with Crippen LogP contribution in [-0.2, 0) is 11.2 Å². The largest absolute Gasteiger partial charge is 0.497 e. The number of hydrogen-bond acceptors (Lipinski definition) is 5. The predicted molar refractivity (Wildman–Crippen MR) is 117 cm³/mol. The minimum atomic E-state index is -0.0352. The van der Waals surface area contributed by atoms with Crippen LogP contribution in [-0.4, -0.2) is 44.7 Å². The molecule has 2 aromatic rings. The number of nitrogens with one attached hydrogen (secondary N) is 1. The van der Waals surface area contributed by atoms with Crippen LogP contribution in [0.4, 0.5) is 5.69 Å². The Morgan fingerprint density at radius 1 is 1.13 bits per heavy atom. The molecule has 158 valence electrons. The Labute approximate surface area is 178 Å². The van der Waals surface area contributed by atoms with Crippen molar-refractivity contribution in [3.8, 4) is 17.6 Å². The molecule has 30 heavy (non-hydrogen) atoms. The van der Waals surface area contributed by atoms with Crippen LogP contribution in [0.25, 0.3) is 0 Å². The number of nitriles is 1. The molecule has 3 rings (SSSR count). The first-order valence-electron chi connectivity index (χ1n) is 10.3. The Morgan fingerprint density at radius 2 is 1.83 bits per heavy atom. The molecule has 1 fully saturated rings. The van der Waals surface area contributed by atoms with Crippen LogP contribution in [0.2, 0.25) is 0 Å². The molecule has 1 N–H and O–H groups in total. The van der Waals surface area contributed by atoms with Crippen molar-refractivity contribution in [1.82, 2.24) is 4.90 Å². The number of rotatable bonds is 8. The fourth-order valence-electron chi connectivity index (χ4n) is 3.88. The van der Waals surface area contributed by atoms with E-state index in [9.17, 15) is 4.79 Å². The van der Waals surface area contributed by atoms with Gasteiger partial charge in [0.25, 0.3) is 0 Å². The molecule has 0 bridgehead atoms. The van der Waals surface area contributed by atoms with E-state index in [4.69, 9.17) is 14.7 Å². The minimum Gasteiger partial charge on any atom is -0.497 e. The zero-order valence-electron chi connectivity index (χ0n) is 17.7. The van der Waals surface area contributed by atoms with E-state index < -0.39 is 0 Å². The highest BCUT2D eigenvalue weighted by Gasteiger charge is 2.21. The second kappa shape index (κ2) is 10.7. The Kier molecular flexibility index (Phi) is 7.69. The number of methoxy groups -OCH3 is 2. The first-order chi connectivity index (χ1) is 14.6. The van der Waals surface area contributed by atoms with Gasteiger partial charge in [-0.3, -0.25) is 9.69 Å². The molecule has 0 atom stereocenters. The lowest BCUT2D eigenvalue weighted by molar-refractivity contribution is -0.117. The Hall–Kier alpha value is -3.04. The second-order valence-corrected chi connectivity index (χ2v) is 7.72. The number of anilines is 1. The summed E-state index contributed by atoms with van der Waals surface area (Å²) in [6, 6.07) is 15.1. The topological polar surface area (TPSA) is 74.6 Å². The summed E-state index contributed by atoms with van der Waals surface area (Å²) in [7, 11) is 3.34. The van der Waals surface area contributed by atoms with Gasteiger partial charge in [-0.15, -0.1) is 0 Å². The Morgan fingerprint density at radius 3 is 2.47 bits per heavy atom. The van der Waals surface area contributed by atoms with Crippen LogP contribution in [0.3, 0.4) is 0 Å². The van der Waals surface area contributed by atoms with Crippen LogP contribution >= 0.6 is 0 Å². The number of aryl methyl sites for hydroxylation is 1. The van der Waals surface area contributed by atoms with Crippen molar-refractivity contribution in [1.29, 1.82) is 5.26 Å².